The molecule has 0 aliphatic rings. The third-order valence-electron chi connectivity index (χ3n) is 6.88. The van der Waals surface area contributed by atoms with Gasteiger partial charge in [0.05, 0.1) is 34.3 Å². The van der Waals surface area contributed by atoms with E-state index in [0.717, 1.165) is 16.5 Å². The van der Waals surface area contributed by atoms with E-state index in [1.54, 1.807) is 80.1 Å². The number of benzene rings is 4. The summed E-state index contributed by atoms with van der Waals surface area (Å²) >= 11 is 18.4. The summed E-state index contributed by atoms with van der Waals surface area (Å²) in [6.45, 7) is 4.14. The van der Waals surface area contributed by atoms with Crippen LogP contribution in [0.1, 0.15) is 16.7 Å². The minimum Gasteiger partial charge on any atom is -0.493 e. The second-order valence-corrected chi connectivity index (χ2v) is 11.1. The van der Waals surface area contributed by atoms with Gasteiger partial charge in [0.2, 0.25) is 5.82 Å². The highest BCUT2D eigenvalue weighted by Crippen LogP contribution is 2.35. The van der Waals surface area contributed by atoms with E-state index in [-0.39, 0.29) is 18.0 Å². The van der Waals surface area contributed by atoms with Gasteiger partial charge < -0.3 is 13.9 Å². The normalized spacial score (nSPS) is 11.5. The van der Waals surface area contributed by atoms with E-state index < -0.39 is 0 Å². The van der Waals surface area contributed by atoms with Gasteiger partial charge in [0, 0.05) is 16.0 Å². The summed E-state index contributed by atoms with van der Waals surface area (Å²) in [6.07, 6.45) is 3.84. The molecule has 10 heteroatoms. The van der Waals surface area contributed by atoms with Crippen LogP contribution in [0.4, 0.5) is 0 Å². The molecule has 0 fully saturated rings. The third-order valence-corrected chi connectivity index (χ3v) is 7.85. The molecule has 2 aromatic heterocycles. The van der Waals surface area contributed by atoms with Gasteiger partial charge in [0.15, 0.2) is 17.3 Å². The lowest BCUT2D eigenvalue weighted by Gasteiger charge is -2.16. The van der Waals surface area contributed by atoms with Gasteiger partial charge in [0.25, 0.3) is 5.56 Å². The Morgan fingerprint density at radius 2 is 1.84 bits per heavy atom. The molecule has 6 rings (SSSR count). The number of fused-ring (bicyclic) bond motifs is 2. The molecule has 0 unspecified atom stereocenters. The number of furan rings is 1. The zero-order valence-electron chi connectivity index (χ0n) is 23.4. The predicted octanol–water partition coefficient (Wildman–Crippen LogP) is 8.97. The largest absolute Gasteiger partial charge is 0.493 e. The molecule has 7 nitrogen and oxygen atoms in total. The number of allylic oxidation sites excluding steroid dienone is 1. The van der Waals surface area contributed by atoms with Gasteiger partial charge >= 0.3 is 0 Å². The van der Waals surface area contributed by atoms with Crippen molar-refractivity contribution in [2.45, 2.75) is 13.0 Å². The van der Waals surface area contributed by atoms with Crippen LogP contribution in [-0.2, 0) is 13.0 Å². The second-order valence-electron chi connectivity index (χ2n) is 9.85. The van der Waals surface area contributed by atoms with Gasteiger partial charge in [-0.05, 0) is 78.2 Å². The Morgan fingerprint density at radius 3 is 2.64 bits per heavy atom. The van der Waals surface area contributed by atoms with Crippen molar-refractivity contribution in [2.24, 2.45) is 5.10 Å². The van der Waals surface area contributed by atoms with Crippen LogP contribution in [0.3, 0.4) is 0 Å². The molecule has 0 N–H and O–H groups in total. The minimum atomic E-state index is -0.347. The Bertz CT molecular complexity index is 2140. The summed E-state index contributed by atoms with van der Waals surface area (Å²) in [6, 6.07) is 23.2. The van der Waals surface area contributed by atoms with Gasteiger partial charge in [-0.15, -0.1) is 6.58 Å². The van der Waals surface area contributed by atoms with Crippen molar-refractivity contribution in [3.63, 3.8) is 0 Å². The van der Waals surface area contributed by atoms with Crippen molar-refractivity contribution in [3.05, 3.63) is 134 Å². The van der Waals surface area contributed by atoms with E-state index in [4.69, 9.17) is 53.7 Å². The van der Waals surface area contributed by atoms with E-state index in [0.29, 0.717) is 60.8 Å². The van der Waals surface area contributed by atoms with Gasteiger partial charge in [-0.2, -0.15) is 9.78 Å². The molecule has 2 heterocycles. The van der Waals surface area contributed by atoms with Crippen LogP contribution in [0.2, 0.25) is 15.1 Å². The average molecular weight is 645 g/mol. The lowest BCUT2D eigenvalue weighted by Crippen LogP contribution is -2.20. The van der Waals surface area contributed by atoms with Crippen LogP contribution in [0.15, 0.2) is 106 Å². The number of nitrogens with zero attached hydrogens (tertiary/aromatic N) is 3. The number of aromatic nitrogens is 2. The van der Waals surface area contributed by atoms with Crippen LogP contribution in [0.25, 0.3) is 33.5 Å². The van der Waals surface area contributed by atoms with E-state index in [2.05, 4.69) is 11.7 Å². The van der Waals surface area contributed by atoms with Gasteiger partial charge in [-0.3, -0.25) is 4.79 Å². The first-order valence-electron chi connectivity index (χ1n) is 13.5. The number of hydrogen-bond donors (Lipinski definition) is 0. The maximum absolute atomic E-state index is 13.7. The number of para-hydroxylation sites is 1. The summed E-state index contributed by atoms with van der Waals surface area (Å²) in [5.41, 5.74) is 3.12. The summed E-state index contributed by atoms with van der Waals surface area (Å²) in [5.74, 6) is 1.67. The van der Waals surface area contributed by atoms with E-state index in [1.165, 1.54) is 4.68 Å². The lowest BCUT2D eigenvalue weighted by atomic mass is 10.1. The summed E-state index contributed by atoms with van der Waals surface area (Å²) in [5, 5.41) is 7.27. The zero-order valence-corrected chi connectivity index (χ0v) is 25.7. The standard InChI is InChI=1S/C34H24Cl3N3O4/c1-3-6-22-13-21(15-30(42-2)32(22)43-19-20-9-11-26(36)27(37)14-20)18-38-40-33(39-28-8-5-4-7-25(28)34(40)41)31-17-23-16-24(35)10-12-29(23)44-31/h3-5,7-18H,1,6,19H2,2H3. The second kappa shape index (κ2) is 12.6. The number of rotatable bonds is 9. The Kier molecular flexibility index (Phi) is 8.44. The molecule has 0 spiro atoms. The first-order valence-corrected chi connectivity index (χ1v) is 14.6. The van der Waals surface area contributed by atoms with Gasteiger partial charge in [-0.25, -0.2) is 4.98 Å². The molecule has 0 aliphatic carbocycles. The average Bonchev–Trinajstić information content (AvgIpc) is 3.44. The highest BCUT2D eigenvalue weighted by atomic mass is 35.5. The Balaban J connectivity index is 1.41. The number of ether oxygens (including phenoxy) is 2. The molecule has 0 radical (unpaired) electrons. The zero-order chi connectivity index (χ0) is 30.8. The molecule has 0 aliphatic heterocycles. The van der Waals surface area contributed by atoms with Crippen LogP contribution in [0, 0.1) is 0 Å². The Labute approximate surface area is 267 Å². The summed E-state index contributed by atoms with van der Waals surface area (Å²) < 4.78 is 19.2. The molecule has 6 aromatic rings. The van der Waals surface area contributed by atoms with Crippen LogP contribution < -0.4 is 15.0 Å². The predicted molar refractivity (Wildman–Crippen MR) is 177 cm³/mol. The maximum Gasteiger partial charge on any atom is 0.282 e. The van der Waals surface area contributed by atoms with Crippen molar-refractivity contribution in [1.82, 2.24) is 9.66 Å². The smallest absolute Gasteiger partial charge is 0.282 e. The minimum absolute atomic E-state index is 0.245. The summed E-state index contributed by atoms with van der Waals surface area (Å²) in [4.78, 5) is 18.4. The fourth-order valence-corrected chi connectivity index (χ4v) is 5.31. The monoisotopic (exact) mass is 643 g/mol. The molecule has 0 saturated heterocycles. The molecule has 44 heavy (non-hydrogen) atoms. The molecule has 0 atom stereocenters. The third kappa shape index (κ3) is 5.95. The molecule has 0 amide bonds. The Hall–Kier alpha value is -4.56. The molecular weight excluding hydrogens is 621 g/mol. The van der Waals surface area contributed by atoms with Crippen molar-refractivity contribution >= 4 is 62.9 Å². The quantitative estimate of drug-likeness (QED) is 0.116. The highest BCUT2D eigenvalue weighted by Gasteiger charge is 2.18. The van der Waals surface area contributed by atoms with Gasteiger partial charge in [-0.1, -0.05) is 59.1 Å². The first kappa shape index (κ1) is 29.5. The van der Waals surface area contributed by atoms with E-state index >= 15 is 0 Å². The molecule has 4 aromatic carbocycles. The van der Waals surface area contributed by atoms with Crippen molar-refractivity contribution in [1.29, 1.82) is 0 Å². The number of methoxy groups -OCH3 is 1. The first-order chi connectivity index (χ1) is 21.3. The number of hydrogen-bond acceptors (Lipinski definition) is 6. The summed E-state index contributed by atoms with van der Waals surface area (Å²) in [7, 11) is 1.56. The molecule has 220 valence electrons. The van der Waals surface area contributed by atoms with E-state index in [9.17, 15) is 4.79 Å². The Morgan fingerprint density at radius 1 is 1.00 bits per heavy atom. The van der Waals surface area contributed by atoms with Gasteiger partial charge in [0.1, 0.15) is 12.2 Å². The topological polar surface area (TPSA) is 78.9 Å². The van der Waals surface area contributed by atoms with Crippen LogP contribution in [-0.4, -0.2) is 23.0 Å². The SMILES string of the molecule is C=CCc1cc(C=Nn2c(-c3cc4cc(Cl)ccc4o3)nc3ccccc3c2=O)cc(OC)c1OCc1ccc(Cl)c(Cl)c1. The van der Waals surface area contributed by atoms with Crippen molar-refractivity contribution in [3.8, 4) is 23.1 Å². The van der Waals surface area contributed by atoms with Crippen LogP contribution in [0.5, 0.6) is 11.5 Å². The molecular formula is C34H24Cl3N3O4. The molecule has 0 saturated carbocycles. The highest BCUT2D eigenvalue weighted by molar-refractivity contribution is 6.42. The van der Waals surface area contributed by atoms with E-state index in [1.807, 2.05) is 18.2 Å². The van der Waals surface area contributed by atoms with Crippen LogP contribution >= 0.6 is 34.8 Å². The maximum atomic E-state index is 13.7. The lowest BCUT2D eigenvalue weighted by molar-refractivity contribution is 0.282. The number of halogens is 3. The molecule has 0 bridgehead atoms. The fourth-order valence-electron chi connectivity index (χ4n) is 4.80. The van der Waals surface area contributed by atoms with Crippen molar-refractivity contribution in [2.75, 3.05) is 7.11 Å². The fraction of sp³-hybridized carbons (Fsp3) is 0.0882. The van der Waals surface area contributed by atoms with Crippen molar-refractivity contribution < 1.29 is 13.9 Å².